The molecule has 26 heavy (non-hydrogen) atoms. The Bertz CT molecular complexity index is 730. The van der Waals surface area contributed by atoms with Crippen LogP contribution in [0.2, 0.25) is 5.02 Å². The summed E-state index contributed by atoms with van der Waals surface area (Å²) in [5.74, 6) is 1.02. The number of benzene rings is 1. The van der Waals surface area contributed by atoms with Gasteiger partial charge in [0, 0.05) is 38.9 Å². The molecule has 0 bridgehead atoms. The van der Waals surface area contributed by atoms with Gasteiger partial charge in [0.15, 0.2) is 5.82 Å². The fourth-order valence-corrected chi connectivity index (χ4v) is 4.06. The molecular weight excluding hydrogens is 346 g/mol. The summed E-state index contributed by atoms with van der Waals surface area (Å²) in [4.78, 5) is 11.7. The SMILES string of the molecule is Clc1ccccc1N1CCN(CCCCN2CNc3ncccc32)CC1. The maximum absolute atomic E-state index is 6.33. The van der Waals surface area contributed by atoms with Gasteiger partial charge in [-0.2, -0.15) is 0 Å². The molecule has 1 aromatic heterocycles. The lowest BCUT2D eigenvalue weighted by molar-refractivity contribution is 0.253. The Kier molecular flexibility index (Phi) is 5.46. The highest BCUT2D eigenvalue weighted by Crippen LogP contribution is 2.28. The van der Waals surface area contributed by atoms with Crippen LogP contribution in [0.4, 0.5) is 17.2 Å². The molecule has 3 heterocycles. The van der Waals surface area contributed by atoms with Crippen molar-refractivity contribution in [1.29, 1.82) is 0 Å². The average Bonchev–Trinajstić information content (AvgIpc) is 3.09. The fourth-order valence-electron chi connectivity index (χ4n) is 3.80. The minimum atomic E-state index is 0.856. The van der Waals surface area contributed by atoms with E-state index in [1.807, 2.05) is 24.4 Å². The number of para-hydroxylation sites is 1. The molecule has 5 nitrogen and oxygen atoms in total. The first-order chi connectivity index (χ1) is 12.8. The van der Waals surface area contributed by atoms with Crippen molar-refractivity contribution in [3.8, 4) is 0 Å². The Morgan fingerprint density at radius 2 is 1.69 bits per heavy atom. The van der Waals surface area contributed by atoms with Crippen LogP contribution in [0.5, 0.6) is 0 Å². The van der Waals surface area contributed by atoms with Gasteiger partial charge in [-0.1, -0.05) is 23.7 Å². The second-order valence-corrected chi connectivity index (χ2v) is 7.36. The number of fused-ring (bicyclic) bond motifs is 1. The molecule has 0 amide bonds. The summed E-state index contributed by atoms with van der Waals surface area (Å²) in [7, 11) is 0. The molecule has 0 atom stereocenters. The molecule has 1 aromatic carbocycles. The van der Waals surface area contributed by atoms with Crippen molar-refractivity contribution in [2.75, 3.05) is 61.1 Å². The quantitative estimate of drug-likeness (QED) is 0.786. The van der Waals surface area contributed by atoms with Gasteiger partial charge in [-0.15, -0.1) is 0 Å². The van der Waals surface area contributed by atoms with Gasteiger partial charge in [-0.3, -0.25) is 4.90 Å². The number of hydrogen-bond acceptors (Lipinski definition) is 5. The van der Waals surface area contributed by atoms with E-state index in [0.717, 1.165) is 50.2 Å². The molecule has 1 fully saturated rings. The molecule has 1 N–H and O–H groups in total. The zero-order chi connectivity index (χ0) is 17.8. The van der Waals surface area contributed by atoms with E-state index in [1.165, 1.54) is 30.8 Å². The van der Waals surface area contributed by atoms with Crippen molar-refractivity contribution < 1.29 is 0 Å². The van der Waals surface area contributed by atoms with E-state index in [0.29, 0.717) is 0 Å². The third-order valence-corrected chi connectivity index (χ3v) is 5.60. The van der Waals surface area contributed by atoms with Crippen molar-refractivity contribution in [2.45, 2.75) is 12.8 Å². The van der Waals surface area contributed by atoms with Crippen LogP contribution < -0.4 is 15.1 Å². The summed E-state index contributed by atoms with van der Waals surface area (Å²) in [5.41, 5.74) is 2.41. The average molecular weight is 372 g/mol. The monoisotopic (exact) mass is 371 g/mol. The van der Waals surface area contributed by atoms with Gasteiger partial charge in [-0.25, -0.2) is 4.98 Å². The fraction of sp³-hybridized carbons (Fsp3) is 0.450. The van der Waals surface area contributed by atoms with Crippen LogP contribution in [0.1, 0.15) is 12.8 Å². The Morgan fingerprint density at radius 3 is 2.54 bits per heavy atom. The molecule has 1 saturated heterocycles. The van der Waals surface area contributed by atoms with E-state index in [1.54, 1.807) is 0 Å². The first kappa shape index (κ1) is 17.4. The maximum Gasteiger partial charge on any atom is 0.150 e. The van der Waals surface area contributed by atoms with Crippen molar-refractivity contribution in [3.05, 3.63) is 47.6 Å². The molecule has 0 saturated carbocycles. The van der Waals surface area contributed by atoms with Crippen molar-refractivity contribution in [3.63, 3.8) is 0 Å². The molecular formula is C20H26ClN5. The van der Waals surface area contributed by atoms with Crippen molar-refractivity contribution >= 4 is 28.8 Å². The van der Waals surface area contributed by atoms with Crippen molar-refractivity contribution in [2.24, 2.45) is 0 Å². The minimum absolute atomic E-state index is 0.856. The number of nitrogens with one attached hydrogen (secondary N) is 1. The highest BCUT2D eigenvalue weighted by molar-refractivity contribution is 6.33. The molecule has 0 aliphatic carbocycles. The molecule has 2 aromatic rings. The van der Waals surface area contributed by atoms with E-state index in [2.05, 4.69) is 43.2 Å². The number of aromatic nitrogens is 1. The summed E-state index contributed by atoms with van der Waals surface area (Å²) in [6, 6.07) is 12.3. The normalized spacial score (nSPS) is 17.3. The topological polar surface area (TPSA) is 34.6 Å². The van der Waals surface area contributed by atoms with E-state index >= 15 is 0 Å². The van der Waals surface area contributed by atoms with E-state index in [4.69, 9.17) is 11.6 Å². The zero-order valence-electron chi connectivity index (χ0n) is 15.1. The largest absolute Gasteiger partial charge is 0.368 e. The number of halogens is 1. The summed E-state index contributed by atoms with van der Waals surface area (Å²) in [6.45, 7) is 7.48. The molecule has 6 heteroatoms. The van der Waals surface area contributed by atoms with Crippen LogP contribution in [-0.4, -0.2) is 55.8 Å². The van der Waals surface area contributed by atoms with Gasteiger partial charge in [0.1, 0.15) is 0 Å². The van der Waals surface area contributed by atoms with Gasteiger partial charge < -0.3 is 15.1 Å². The Balaban J connectivity index is 1.18. The molecule has 0 unspecified atom stereocenters. The molecule has 4 rings (SSSR count). The van der Waals surface area contributed by atoms with Gasteiger partial charge in [0.2, 0.25) is 0 Å². The highest BCUT2D eigenvalue weighted by Gasteiger charge is 2.20. The number of rotatable bonds is 6. The van der Waals surface area contributed by atoms with E-state index in [9.17, 15) is 0 Å². The van der Waals surface area contributed by atoms with Crippen LogP contribution in [0, 0.1) is 0 Å². The summed E-state index contributed by atoms with van der Waals surface area (Å²) >= 11 is 6.33. The zero-order valence-corrected chi connectivity index (χ0v) is 15.8. The van der Waals surface area contributed by atoms with Crippen LogP contribution in [0.25, 0.3) is 0 Å². The van der Waals surface area contributed by atoms with Crippen LogP contribution in [0.15, 0.2) is 42.6 Å². The number of nitrogens with zero attached hydrogens (tertiary/aromatic N) is 4. The van der Waals surface area contributed by atoms with E-state index in [-0.39, 0.29) is 0 Å². The third-order valence-electron chi connectivity index (χ3n) is 5.28. The smallest absolute Gasteiger partial charge is 0.150 e. The Labute approximate surface area is 160 Å². The van der Waals surface area contributed by atoms with Gasteiger partial charge in [0.05, 0.1) is 23.1 Å². The van der Waals surface area contributed by atoms with Crippen molar-refractivity contribution in [1.82, 2.24) is 9.88 Å². The molecule has 138 valence electrons. The summed E-state index contributed by atoms with van der Waals surface area (Å²) < 4.78 is 0. The molecule has 2 aliphatic rings. The number of pyridine rings is 1. The Morgan fingerprint density at radius 1 is 0.923 bits per heavy atom. The van der Waals surface area contributed by atoms with Crippen LogP contribution in [-0.2, 0) is 0 Å². The summed E-state index contributed by atoms with van der Waals surface area (Å²) in [6.07, 6.45) is 4.29. The number of anilines is 3. The highest BCUT2D eigenvalue weighted by atomic mass is 35.5. The second kappa shape index (κ2) is 8.14. The third kappa shape index (κ3) is 3.89. The predicted molar refractivity (Wildman–Crippen MR) is 109 cm³/mol. The van der Waals surface area contributed by atoms with E-state index < -0.39 is 0 Å². The molecule has 0 radical (unpaired) electrons. The number of hydrogen-bond donors (Lipinski definition) is 1. The lowest BCUT2D eigenvalue weighted by Gasteiger charge is -2.36. The Hall–Kier alpha value is -1.98. The van der Waals surface area contributed by atoms with Gasteiger partial charge in [-0.05, 0) is 43.7 Å². The van der Waals surface area contributed by atoms with Gasteiger partial charge in [0.25, 0.3) is 0 Å². The summed E-state index contributed by atoms with van der Waals surface area (Å²) in [5, 5.41) is 4.21. The molecule has 2 aliphatic heterocycles. The molecule has 0 spiro atoms. The number of piperazine rings is 1. The lowest BCUT2D eigenvalue weighted by Crippen LogP contribution is -2.46. The van der Waals surface area contributed by atoms with Crippen LogP contribution in [0.3, 0.4) is 0 Å². The first-order valence-corrected chi connectivity index (χ1v) is 9.85. The lowest BCUT2D eigenvalue weighted by atomic mass is 10.2. The first-order valence-electron chi connectivity index (χ1n) is 9.47. The van der Waals surface area contributed by atoms with Gasteiger partial charge >= 0.3 is 0 Å². The van der Waals surface area contributed by atoms with Crippen LogP contribution >= 0.6 is 11.6 Å². The predicted octanol–water partition coefficient (Wildman–Crippen LogP) is 3.53. The maximum atomic E-state index is 6.33. The number of unbranched alkanes of at least 4 members (excludes halogenated alkanes) is 1. The standard InChI is InChI=1S/C20H26ClN5/c21-17-6-1-2-7-18(17)25-14-12-24(13-15-25)10-3-4-11-26-16-23-20-19(26)8-5-9-22-20/h1-2,5-9H,3-4,10-16H2,(H,22,23). The second-order valence-electron chi connectivity index (χ2n) is 6.96. The minimum Gasteiger partial charge on any atom is -0.368 e.